The molecule has 0 radical (unpaired) electrons. The van der Waals surface area contributed by atoms with Crippen LogP contribution in [0.4, 0.5) is 5.95 Å². The van der Waals surface area contributed by atoms with Crippen molar-refractivity contribution in [2.45, 2.75) is 13.0 Å². The van der Waals surface area contributed by atoms with E-state index in [0.717, 1.165) is 19.6 Å². The molecule has 7 heteroatoms. The molecule has 0 amide bonds. The zero-order valence-electron chi connectivity index (χ0n) is 9.08. The van der Waals surface area contributed by atoms with Gasteiger partial charge < -0.3 is 0 Å². The molecule has 1 N–H and O–H groups in total. The first-order valence-electron chi connectivity index (χ1n) is 5.38. The third-order valence-electron chi connectivity index (χ3n) is 2.79. The van der Waals surface area contributed by atoms with E-state index in [1.54, 1.807) is 18.5 Å². The third-order valence-corrected chi connectivity index (χ3v) is 5.71. The van der Waals surface area contributed by atoms with E-state index in [1.807, 2.05) is 9.34 Å². The zero-order valence-corrected chi connectivity index (χ0v) is 9.97. The minimum absolute atomic E-state index is 0.391. The van der Waals surface area contributed by atoms with Gasteiger partial charge >= 0.3 is 7.59 Å². The summed E-state index contributed by atoms with van der Waals surface area (Å²) < 4.78 is 16.7. The van der Waals surface area contributed by atoms with Crippen LogP contribution >= 0.6 is 7.59 Å². The Bertz CT molecular complexity index is 435. The molecule has 0 saturated carbocycles. The molecule has 86 valence electrons. The number of hydrogen-bond donors (Lipinski definition) is 1. The van der Waals surface area contributed by atoms with Crippen LogP contribution < -0.4 is 5.09 Å². The lowest BCUT2D eigenvalue weighted by Crippen LogP contribution is -2.15. The fourth-order valence-corrected chi connectivity index (χ4v) is 4.30. The van der Waals surface area contributed by atoms with Crippen LogP contribution in [0, 0.1) is 0 Å². The van der Waals surface area contributed by atoms with Crippen molar-refractivity contribution >= 4 is 13.5 Å². The average Bonchev–Trinajstić information content (AvgIpc) is 3.12. The molecular weight excluding hydrogens is 225 g/mol. The molecule has 3 rings (SSSR count). The van der Waals surface area contributed by atoms with Crippen molar-refractivity contribution in [2.24, 2.45) is 0 Å². The maximum absolute atomic E-state index is 12.8. The van der Waals surface area contributed by atoms with Gasteiger partial charge in [0.1, 0.15) is 0 Å². The van der Waals surface area contributed by atoms with Crippen LogP contribution in [0.5, 0.6) is 0 Å². The summed E-state index contributed by atoms with van der Waals surface area (Å²) in [6.45, 7) is 4.73. The highest BCUT2D eigenvalue weighted by Gasteiger charge is 2.52. The quantitative estimate of drug-likeness (QED) is 0.625. The van der Waals surface area contributed by atoms with Crippen LogP contribution in [0.15, 0.2) is 18.5 Å². The molecule has 0 aromatic carbocycles. The maximum atomic E-state index is 12.8. The Balaban J connectivity index is 1.82. The smallest absolute Gasteiger partial charge is 0.281 e. The molecule has 3 heterocycles. The van der Waals surface area contributed by atoms with Gasteiger partial charge in [-0.15, -0.1) is 0 Å². The summed E-state index contributed by atoms with van der Waals surface area (Å²) in [5, 5.41) is 2.99. The fourth-order valence-electron chi connectivity index (χ4n) is 1.70. The Morgan fingerprint density at radius 1 is 1.44 bits per heavy atom. The number of hydrogen-bond acceptors (Lipinski definition) is 3. The second-order valence-electron chi connectivity index (χ2n) is 4.15. The van der Waals surface area contributed by atoms with Crippen LogP contribution in [-0.2, 0) is 4.57 Å². The normalized spacial score (nSPS) is 31.8. The first-order chi connectivity index (χ1) is 7.70. The van der Waals surface area contributed by atoms with Crippen LogP contribution in [-0.4, -0.2) is 45.0 Å². The highest BCUT2D eigenvalue weighted by Crippen LogP contribution is 2.61. The Kier molecular flexibility index (Phi) is 2.24. The lowest BCUT2D eigenvalue weighted by molar-refractivity contribution is 0.517. The SMILES string of the molecule is C[C@H]1CN1[P@](=O)(Nc1ncccn1)N1CC1. The van der Waals surface area contributed by atoms with E-state index >= 15 is 0 Å². The second-order valence-corrected chi connectivity index (χ2v) is 6.54. The van der Waals surface area contributed by atoms with Crippen molar-refractivity contribution in [3.05, 3.63) is 18.5 Å². The molecule has 2 saturated heterocycles. The summed E-state index contributed by atoms with van der Waals surface area (Å²) >= 11 is 0. The molecule has 0 spiro atoms. The van der Waals surface area contributed by atoms with Gasteiger partial charge in [0.15, 0.2) is 0 Å². The first-order valence-corrected chi connectivity index (χ1v) is 6.99. The average molecular weight is 239 g/mol. The largest absolute Gasteiger partial charge is 0.311 e. The molecule has 6 nitrogen and oxygen atoms in total. The second kappa shape index (κ2) is 3.52. The lowest BCUT2D eigenvalue weighted by Gasteiger charge is -2.21. The molecule has 2 fully saturated rings. The minimum Gasteiger partial charge on any atom is -0.281 e. The van der Waals surface area contributed by atoms with Crippen LogP contribution in [0.2, 0.25) is 0 Å². The van der Waals surface area contributed by atoms with E-state index in [2.05, 4.69) is 22.0 Å². The van der Waals surface area contributed by atoms with Gasteiger partial charge in [0.25, 0.3) is 0 Å². The fraction of sp³-hybridized carbons (Fsp3) is 0.556. The summed E-state index contributed by atoms with van der Waals surface area (Å²) in [5.41, 5.74) is 0. The molecule has 2 aliphatic heterocycles. The van der Waals surface area contributed by atoms with Gasteiger partial charge in [0, 0.05) is 38.1 Å². The van der Waals surface area contributed by atoms with Gasteiger partial charge in [-0.3, -0.25) is 9.65 Å². The highest BCUT2D eigenvalue weighted by atomic mass is 31.2. The van der Waals surface area contributed by atoms with Crippen molar-refractivity contribution in [2.75, 3.05) is 24.7 Å². The monoisotopic (exact) mass is 239 g/mol. The Hall–Kier alpha value is -0.970. The van der Waals surface area contributed by atoms with E-state index in [-0.39, 0.29) is 0 Å². The predicted molar refractivity (Wildman–Crippen MR) is 61.0 cm³/mol. The van der Waals surface area contributed by atoms with E-state index in [1.165, 1.54) is 0 Å². The van der Waals surface area contributed by atoms with Crippen LogP contribution in [0.3, 0.4) is 0 Å². The number of nitrogens with zero attached hydrogens (tertiary/aromatic N) is 4. The molecule has 2 aliphatic rings. The molecule has 1 aromatic heterocycles. The summed E-state index contributed by atoms with van der Waals surface area (Å²) in [4.78, 5) is 8.12. The van der Waals surface area contributed by atoms with Gasteiger partial charge in [0.05, 0.1) is 0 Å². The number of rotatable bonds is 4. The van der Waals surface area contributed by atoms with E-state index in [9.17, 15) is 4.57 Å². The van der Waals surface area contributed by atoms with E-state index < -0.39 is 7.59 Å². The molecule has 1 unspecified atom stereocenters. The van der Waals surface area contributed by atoms with E-state index in [0.29, 0.717) is 12.0 Å². The molecule has 1 aromatic rings. The summed E-state index contributed by atoms with van der Waals surface area (Å²) in [6, 6.07) is 2.13. The van der Waals surface area contributed by atoms with Crippen molar-refractivity contribution in [3.63, 3.8) is 0 Å². The van der Waals surface area contributed by atoms with Crippen LogP contribution in [0.25, 0.3) is 0 Å². The van der Waals surface area contributed by atoms with E-state index in [4.69, 9.17) is 0 Å². The minimum atomic E-state index is -2.63. The van der Waals surface area contributed by atoms with Gasteiger partial charge in [0.2, 0.25) is 5.95 Å². The van der Waals surface area contributed by atoms with Gasteiger partial charge in [-0.05, 0) is 13.0 Å². The molecule has 3 atom stereocenters. The standard InChI is InChI=1S/C9H14N5OP/c1-8-7-14(8)16(15,13-5-6-13)12-9-10-3-2-4-11-9/h2-4,8H,5-7H2,1H3,(H,10,11,12,15)/t8-,14?,16-/m0/s1. The topological polar surface area (TPSA) is 60.9 Å². The molecular formula is C9H14N5OP. The lowest BCUT2D eigenvalue weighted by atomic mass is 10.6. The number of nitrogens with one attached hydrogen (secondary N) is 1. The van der Waals surface area contributed by atoms with Gasteiger partial charge in [-0.1, -0.05) is 0 Å². The summed E-state index contributed by atoms with van der Waals surface area (Å²) in [7, 11) is -2.63. The van der Waals surface area contributed by atoms with Crippen LogP contribution in [0.1, 0.15) is 6.92 Å². The maximum Gasteiger partial charge on any atom is 0.311 e. The third kappa shape index (κ3) is 1.73. The number of aromatic nitrogens is 2. The van der Waals surface area contributed by atoms with Crippen molar-refractivity contribution in [3.8, 4) is 0 Å². The van der Waals surface area contributed by atoms with Crippen molar-refractivity contribution in [1.29, 1.82) is 0 Å². The van der Waals surface area contributed by atoms with Gasteiger partial charge in [-0.25, -0.2) is 19.3 Å². The van der Waals surface area contributed by atoms with Gasteiger partial charge in [-0.2, -0.15) is 0 Å². The Morgan fingerprint density at radius 3 is 2.56 bits per heavy atom. The molecule has 0 aliphatic carbocycles. The highest BCUT2D eigenvalue weighted by molar-refractivity contribution is 7.61. The summed E-state index contributed by atoms with van der Waals surface area (Å²) in [5.74, 6) is 0.442. The first kappa shape index (κ1) is 10.2. The summed E-state index contributed by atoms with van der Waals surface area (Å²) in [6.07, 6.45) is 3.29. The predicted octanol–water partition coefficient (Wildman–Crippen LogP) is 1.02. The Morgan fingerprint density at radius 2 is 2.06 bits per heavy atom. The van der Waals surface area contributed by atoms with Crippen molar-refractivity contribution in [1.82, 2.24) is 19.3 Å². The Labute approximate surface area is 94.2 Å². The molecule has 16 heavy (non-hydrogen) atoms. The van der Waals surface area contributed by atoms with Crippen molar-refractivity contribution < 1.29 is 4.57 Å². The molecule has 0 bridgehead atoms. The zero-order chi connectivity index (χ0) is 11.2. The number of anilines is 1.